The molecule has 6 aromatic heterocycles. The average Bonchev–Trinajstić information content (AvgIpc) is 1.50. The zero-order chi connectivity index (χ0) is 74.6. The topological polar surface area (TPSA) is 112 Å². The number of aromatic nitrogens is 8. The van der Waals surface area contributed by atoms with Crippen LogP contribution in [0.3, 0.4) is 0 Å². The maximum absolute atomic E-state index is 6.18. The molecule has 18 aromatic rings. The van der Waals surface area contributed by atoms with Crippen molar-refractivity contribution in [3.05, 3.63) is 381 Å². The number of halogens is 1. The third kappa shape index (κ3) is 14.3. The van der Waals surface area contributed by atoms with Crippen LogP contribution in [0.4, 0.5) is 34.1 Å². The van der Waals surface area contributed by atoms with Gasteiger partial charge in [-0.15, -0.1) is 0 Å². The predicted molar refractivity (Wildman–Crippen MR) is 455 cm³/mol. The number of benzene rings is 12. The lowest BCUT2D eigenvalue weighted by Crippen LogP contribution is -2.41. The van der Waals surface area contributed by atoms with Crippen molar-refractivity contribution in [2.75, 3.05) is 9.80 Å². The third-order valence-corrected chi connectivity index (χ3v) is 20.9. The standard InChI is InChI=1S/C45H31N5.C33H31BN2O2.C18H12BrN3/c1-3-14-36(15-4-1)49(43-21-11-13-32-12-7-8-18-39(32)43)38-26-22-33(23-27-38)40-28-24-34(30-46-40)35-25-29-42(47-31-35)45-48-41-19-9-10-20-44(41)50(45)37-16-5-2-6-17-37;1-32(2)33(3,4)38-34(37-32)26-19-22-30(35-23-26)25-17-20-28(21-18-25)36(27-13-6-5-7-14-27)31-16-10-12-24-11-8-9-15-29(24)31;19-13-10-11-16(20-12-13)18-21-15-8-4-5-9-17(15)22(18)14-6-2-1-3-7-14/h1-31H;5-23H,1-4H3;1-12H. The van der Waals surface area contributed by atoms with Gasteiger partial charge in [0.15, 0.2) is 11.6 Å². The molecule has 0 radical (unpaired) electrons. The van der Waals surface area contributed by atoms with Crippen molar-refractivity contribution >= 4 is 106 Å². The van der Waals surface area contributed by atoms with Crippen LogP contribution in [0.25, 0.3) is 112 Å². The summed E-state index contributed by atoms with van der Waals surface area (Å²) in [5.74, 6) is 1.66. The molecule has 1 fully saturated rings. The van der Waals surface area contributed by atoms with E-state index in [0.29, 0.717) is 0 Å². The number of hydrogen-bond donors (Lipinski definition) is 0. The van der Waals surface area contributed by atoms with Crippen molar-refractivity contribution in [1.82, 2.24) is 39.0 Å². The number of imidazole rings is 2. The Balaban J connectivity index is 0.000000129. The molecule has 0 saturated carbocycles. The summed E-state index contributed by atoms with van der Waals surface area (Å²) in [6.45, 7) is 8.25. The molecule has 12 aromatic carbocycles. The summed E-state index contributed by atoms with van der Waals surface area (Å²) >= 11 is 3.43. The van der Waals surface area contributed by atoms with E-state index in [9.17, 15) is 0 Å². The first-order valence-corrected chi connectivity index (χ1v) is 37.5. The highest BCUT2D eigenvalue weighted by Gasteiger charge is 2.52. The van der Waals surface area contributed by atoms with Crippen molar-refractivity contribution in [2.45, 2.75) is 38.9 Å². The number of fused-ring (bicyclic) bond motifs is 4. The maximum atomic E-state index is 6.18. The Kier molecular flexibility index (Phi) is 19.4. The zero-order valence-electron chi connectivity index (χ0n) is 61.0. The van der Waals surface area contributed by atoms with Gasteiger partial charge in [0, 0.05) is 102 Å². The number of para-hydroxylation sites is 8. The first-order chi connectivity index (χ1) is 53.9. The van der Waals surface area contributed by atoms with E-state index in [4.69, 9.17) is 34.2 Å². The number of pyridine rings is 4. The highest BCUT2D eigenvalue weighted by molar-refractivity contribution is 9.10. The lowest BCUT2D eigenvalue weighted by atomic mass is 9.80. The molecule has 530 valence electrons. The lowest BCUT2D eigenvalue weighted by molar-refractivity contribution is 0.00578. The van der Waals surface area contributed by atoms with E-state index in [2.05, 4.69) is 310 Å². The molecule has 7 heterocycles. The van der Waals surface area contributed by atoms with Crippen LogP contribution in [0.15, 0.2) is 381 Å². The van der Waals surface area contributed by atoms with Gasteiger partial charge in [-0.2, -0.15) is 0 Å². The number of hydrogen-bond acceptors (Lipinski definition) is 10. The minimum absolute atomic E-state index is 0.374. The Morgan fingerprint density at radius 2 is 0.664 bits per heavy atom. The van der Waals surface area contributed by atoms with Gasteiger partial charge in [-0.05, 0) is 194 Å². The number of rotatable bonds is 14. The van der Waals surface area contributed by atoms with Crippen LogP contribution in [0.5, 0.6) is 0 Å². The van der Waals surface area contributed by atoms with Gasteiger partial charge in [-0.1, -0.05) is 212 Å². The van der Waals surface area contributed by atoms with E-state index in [-0.39, 0.29) is 11.2 Å². The molecule has 1 aliphatic rings. The highest BCUT2D eigenvalue weighted by Crippen LogP contribution is 2.43. The molecule has 1 aliphatic heterocycles. The molecule has 14 heteroatoms. The third-order valence-electron chi connectivity index (χ3n) is 20.4. The van der Waals surface area contributed by atoms with E-state index in [1.165, 1.54) is 21.5 Å². The Hall–Kier alpha value is -13.2. The second-order valence-corrected chi connectivity index (χ2v) is 28.8. The summed E-state index contributed by atoms with van der Waals surface area (Å²) in [5.41, 5.74) is 20.6. The lowest BCUT2D eigenvalue weighted by Gasteiger charge is -2.32. The fourth-order valence-corrected chi connectivity index (χ4v) is 14.3. The Bertz CT molecular complexity index is 6190. The van der Waals surface area contributed by atoms with Crippen LogP contribution in [0.1, 0.15) is 27.7 Å². The summed E-state index contributed by atoms with van der Waals surface area (Å²) < 4.78 is 17.6. The van der Waals surface area contributed by atoms with Crippen LogP contribution in [0.2, 0.25) is 0 Å². The molecular weight excluding hydrogens is 1420 g/mol. The fraction of sp³-hybridized carbons (Fsp3) is 0.0625. The Morgan fingerprint density at radius 3 is 1.08 bits per heavy atom. The van der Waals surface area contributed by atoms with Crippen LogP contribution < -0.4 is 15.3 Å². The summed E-state index contributed by atoms with van der Waals surface area (Å²) in [7, 11) is -0.413. The normalized spacial score (nSPS) is 12.8. The Labute approximate surface area is 648 Å². The van der Waals surface area contributed by atoms with Gasteiger partial charge in [0.2, 0.25) is 0 Å². The molecule has 110 heavy (non-hydrogen) atoms. The molecule has 0 atom stereocenters. The van der Waals surface area contributed by atoms with Gasteiger partial charge >= 0.3 is 7.12 Å². The Morgan fingerprint density at radius 1 is 0.309 bits per heavy atom. The second kappa shape index (κ2) is 30.6. The van der Waals surface area contributed by atoms with Crippen LogP contribution in [-0.4, -0.2) is 57.4 Å². The smallest absolute Gasteiger partial charge is 0.399 e. The molecule has 0 amide bonds. The van der Waals surface area contributed by atoms with E-state index < -0.39 is 7.12 Å². The summed E-state index contributed by atoms with van der Waals surface area (Å²) in [6, 6.07) is 121. The van der Waals surface area contributed by atoms with Gasteiger partial charge in [0.1, 0.15) is 11.4 Å². The van der Waals surface area contributed by atoms with Crippen molar-refractivity contribution < 1.29 is 9.31 Å². The first kappa shape index (κ1) is 69.8. The first-order valence-electron chi connectivity index (χ1n) is 36.7. The van der Waals surface area contributed by atoms with Gasteiger partial charge in [0.05, 0.1) is 56.0 Å². The highest BCUT2D eigenvalue weighted by atomic mass is 79.9. The van der Waals surface area contributed by atoms with Crippen molar-refractivity contribution in [1.29, 1.82) is 0 Å². The molecule has 0 N–H and O–H groups in total. The molecule has 0 bridgehead atoms. The SMILES string of the molecule is Brc1ccc(-c2nc3ccccc3n2-c2ccccc2)nc1.CC1(C)OB(c2ccc(-c3ccc(N(c4ccccc4)c4cccc5ccccc45)cc3)nc2)OC1(C)C.c1ccc(N(c2ccc(-c3ccc(-c4ccc(-c5nc6ccccc6n5-c5ccccc5)nc4)cn3)cc2)c2cccc3ccccc23)cc1. The van der Waals surface area contributed by atoms with E-state index in [0.717, 1.165) is 134 Å². The molecule has 0 aliphatic carbocycles. The maximum Gasteiger partial charge on any atom is 0.496 e. The quantitative estimate of drug-likeness (QED) is 0.0976. The van der Waals surface area contributed by atoms with E-state index >= 15 is 0 Å². The average molecular weight is 1490 g/mol. The van der Waals surface area contributed by atoms with Gasteiger partial charge < -0.3 is 19.1 Å². The largest absolute Gasteiger partial charge is 0.496 e. The molecular formula is C96H74BBrN10O2. The van der Waals surface area contributed by atoms with Crippen molar-refractivity contribution in [3.8, 4) is 68.1 Å². The molecule has 0 spiro atoms. The van der Waals surface area contributed by atoms with Crippen LogP contribution in [-0.2, 0) is 9.31 Å². The fourth-order valence-electron chi connectivity index (χ4n) is 14.1. The van der Waals surface area contributed by atoms with Crippen LogP contribution in [0, 0.1) is 0 Å². The molecule has 12 nitrogen and oxygen atoms in total. The minimum Gasteiger partial charge on any atom is -0.399 e. The number of anilines is 6. The number of nitrogens with zero attached hydrogens (tertiary/aromatic N) is 10. The van der Waals surface area contributed by atoms with Gasteiger partial charge in [0.25, 0.3) is 0 Å². The van der Waals surface area contributed by atoms with E-state index in [1.54, 1.807) is 6.20 Å². The summed E-state index contributed by atoms with van der Waals surface area (Å²) in [4.78, 5) is 33.3. The van der Waals surface area contributed by atoms with Gasteiger partial charge in [-0.3, -0.25) is 29.1 Å². The molecule has 0 unspecified atom stereocenters. The van der Waals surface area contributed by atoms with Crippen LogP contribution >= 0.6 is 15.9 Å². The second-order valence-electron chi connectivity index (χ2n) is 27.9. The minimum atomic E-state index is -0.413. The predicted octanol–water partition coefficient (Wildman–Crippen LogP) is 24.0. The summed E-state index contributed by atoms with van der Waals surface area (Å²) in [6.07, 6.45) is 7.48. The van der Waals surface area contributed by atoms with E-state index in [1.807, 2.05) is 128 Å². The van der Waals surface area contributed by atoms with Crippen molar-refractivity contribution in [2.24, 2.45) is 0 Å². The molecule has 1 saturated heterocycles. The van der Waals surface area contributed by atoms with Crippen molar-refractivity contribution in [3.63, 3.8) is 0 Å². The zero-order valence-corrected chi connectivity index (χ0v) is 62.6. The summed E-state index contributed by atoms with van der Waals surface area (Å²) in [5, 5.41) is 4.85. The van der Waals surface area contributed by atoms with Gasteiger partial charge in [-0.25, -0.2) is 9.97 Å². The monoisotopic (exact) mass is 1490 g/mol. The molecule has 19 rings (SSSR count).